The van der Waals surface area contributed by atoms with E-state index in [1.54, 1.807) is 11.8 Å². The number of benzene rings is 2. The van der Waals surface area contributed by atoms with E-state index in [2.05, 4.69) is 41.3 Å². The standard InChI is InChI=1S/C27H32N4S/c1-5-13-21(14-6-1)28-25-26(29-22-15-7-2-8-16-22)32-27(30-23-17-9-3-10-18-23)31(25)24-19-11-4-12-20-24/h1-2,5-8,13-16,23-24H,3-4,9-12,17-20H2. The van der Waals surface area contributed by atoms with Crippen LogP contribution in [0.25, 0.3) is 0 Å². The lowest BCUT2D eigenvalue weighted by Crippen LogP contribution is -2.42. The lowest BCUT2D eigenvalue weighted by molar-refractivity contribution is 0.324. The molecule has 166 valence electrons. The van der Waals surface area contributed by atoms with Gasteiger partial charge in [-0.3, -0.25) is 4.99 Å². The third-order valence-electron chi connectivity index (χ3n) is 6.60. The summed E-state index contributed by atoms with van der Waals surface area (Å²) >= 11 is 1.72. The van der Waals surface area contributed by atoms with E-state index in [1.165, 1.54) is 64.2 Å². The lowest BCUT2D eigenvalue weighted by Gasteiger charge is -2.32. The minimum atomic E-state index is 0.436. The molecule has 0 atom stereocenters. The lowest BCUT2D eigenvalue weighted by atomic mass is 9.94. The number of hydrogen-bond acceptors (Lipinski definition) is 4. The predicted molar refractivity (Wildman–Crippen MR) is 138 cm³/mol. The second-order valence-corrected chi connectivity index (χ2v) is 9.95. The largest absolute Gasteiger partial charge is 0.300 e. The molecule has 0 spiro atoms. The maximum absolute atomic E-state index is 5.32. The van der Waals surface area contributed by atoms with Crippen molar-refractivity contribution >= 4 is 39.2 Å². The summed E-state index contributed by atoms with van der Waals surface area (Å²) in [6.45, 7) is 0. The van der Waals surface area contributed by atoms with E-state index in [-0.39, 0.29) is 0 Å². The maximum atomic E-state index is 5.32. The molecule has 0 unspecified atom stereocenters. The number of amidine groups is 2. The van der Waals surface area contributed by atoms with Crippen molar-refractivity contribution in [1.82, 2.24) is 4.90 Å². The van der Waals surface area contributed by atoms with Gasteiger partial charge in [0.25, 0.3) is 0 Å². The Balaban J connectivity index is 1.58. The summed E-state index contributed by atoms with van der Waals surface area (Å²) in [6.07, 6.45) is 12.7. The van der Waals surface area contributed by atoms with Crippen LogP contribution < -0.4 is 0 Å². The van der Waals surface area contributed by atoms with E-state index >= 15 is 0 Å². The predicted octanol–water partition coefficient (Wildman–Crippen LogP) is 7.52. The Hall–Kier alpha value is -2.40. The van der Waals surface area contributed by atoms with Crippen LogP contribution in [0.2, 0.25) is 0 Å². The molecule has 0 aromatic heterocycles. The SMILES string of the molecule is c1ccc(N=C2SC(=NC3CCCCC3)N(C3CCCCC3)C2=Nc2ccccc2)cc1. The number of aliphatic imine (C=N–C) groups is 3. The average Bonchev–Trinajstić information content (AvgIpc) is 3.17. The Bertz CT molecular complexity index is 971. The fourth-order valence-corrected chi connectivity index (χ4v) is 6.01. The molecule has 0 N–H and O–H groups in total. The van der Waals surface area contributed by atoms with Gasteiger partial charge in [-0.15, -0.1) is 0 Å². The molecule has 0 radical (unpaired) electrons. The molecule has 3 aliphatic rings. The van der Waals surface area contributed by atoms with Crippen LogP contribution in [0, 0.1) is 0 Å². The average molecular weight is 445 g/mol. The number of thioether (sulfide) groups is 1. The van der Waals surface area contributed by atoms with Crippen LogP contribution in [0.5, 0.6) is 0 Å². The topological polar surface area (TPSA) is 40.3 Å². The van der Waals surface area contributed by atoms with Gasteiger partial charge < -0.3 is 4.90 Å². The summed E-state index contributed by atoms with van der Waals surface area (Å²) in [5.41, 5.74) is 1.95. The van der Waals surface area contributed by atoms with E-state index in [4.69, 9.17) is 15.0 Å². The number of para-hydroxylation sites is 2. The first-order valence-electron chi connectivity index (χ1n) is 12.2. The van der Waals surface area contributed by atoms with Gasteiger partial charge in [-0.1, -0.05) is 74.9 Å². The summed E-state index contributed by atoms with van der Waals surface area (Å²) in [6, 6.07) is 21.5. The van der Waals surface area contributed by atoms with Crippen LogP contribution in [-0.4, -0.2) is 33.0 Å². The van der Waals surface area contributed by atoms with Gasteiger partial charge >= 0.3 is 0 Å². The molecule has 32 heavy (non-hydrogen) atoms. The van der Waals surface area contributed by atoms with Gasteiger partial charge in [-0.2, -0.15) is 0 Å². The third-order valence-corrected chi connectivity index (χ3v) is 7.55. The van der Waals surface area contributed by atoms with Gasteiger partial charge in [0.1, 0.15) is 5.04 Å². The van der Waals surface area contributed by atoms with Crippen LogP contribution >= 0.6 is 11.8 Å². The highest BCUT2D eigenvalue weighted by Gasteiger charge is 2.38. The smallest absolute Gasteiger partial charge is 0.172 e. The van der Waals surface area contributed by atoms with Gasteiger partial charge in [-0.05, 0) is 61.7 Å². The highest BCUT2D eigenvalue weighted by Crippen LogP contribution is 2.36. The van der Waals surface area contributed by atoms with Crippen molar-refractivity contribution < 1.29 is 0 Å². The van der Waals surface area contributed by atoms with Crippen molar-refractivity contribution in [3.8, 4) is 0 Å². The first-order valence-corrected chi connectivity index (χ1v) is 13.0. The van der Waals surface area contributed by atoms with E-state index in [9.17, 15) is 0 Å². The molecule has 0 bridgehead atoms. The first-order chi connectivity index (χ1) is 15.9. The summed E-state index contributed by atoms with van der Waals surface area (Å²) in [7, 11) is 0. The van der Waals surface area contributed by atoms with Crippen molar-refractivity contribution in [3.05, 3.63) is 60.7 Å². The molecular weight excluding hydrogens is 412 g/mol. The zero-order valence-electron chi connectivity index (χ0n) is 18.7. The fraction of sp³-hybridized carbons (Fsp3) is 0.444. The molecule has 0 amide bonds. The molecule has 1 saturated heterocycles. The molecule has 3 fully saturated rings. The molecule has 5 heteroatoms. The molecule has 4 nitrogen and oxygen atoms in total. The Kier molecular flexibility index (Phi) is 7.02. The summed E-state index contributed by atoms with van der Waals surface area (Å²) in [4.78, 5) is 18.0. The van der Waals surface area contributed by atoms with E-state index < -0.39 is 0 Å². The Morgan fingerprint density at radius 2 is 1.22 bits per heavy atom. The molecule has 2 aliphatic carbocycles. The summed E-state index contributed by atoms with van der Waals surface area (Å²) in [5, 5.41) is 2.09. The van der Waals surface area contributed by atoms with Gasteiger partial charge in [0, 0.05) is 6.04 Å². The number of rotatable bonds is 4. The van der Waals surface area contributed by atoms with Crippen molar-refractivity contribution in [2.24, 2.45) is 15.0 Å². The molecular formula is C27H32N4S. The molecule has 2 aromatic rings. The van der Waals surface area contributed by atoms with Crippen LogP contribution in [0.3, 0.4) is 0 Å². The third kappa shape index (κ3) is 5.15. The second kappa shape index (κ2) is 10.5. The minimum absolute atomic E-state index is 0.436. The van der Waals surface area contributed by atoms with Crippen LogP contribution in [0.1, 0.15) is 64.2 Å². The number of nitrogens with zero attached hydrogens (tertiary/aromatic N) is 4. The van der Waals surface area contributed by atoms with Crippen molar-refractivity contribution in [3.63, 3.8) is 0 Å². The monoisotopic (exact) mass is 444 g/mol. The van der Waals surface area contributed by atoms with Gasteiger partial charge in [0.15, 0.2) is 11.0 Å². The van der Waals surface area contributed by atoms with Crippen molar-refractivity contribution in [2.45, 2.75) is 76.3 Å². The highest BCUT2D eigenvalue weighted by atomic mass is 32.2. The van der Waals surface area contributed by atoms with E-state index in [0.717, 1.165) is 27.4 Å². The maximum Gasteiger partial charge on any atom is 0.172 e. The number of hydrogen-bond donors (Lipinski definition) is 0. The van der Waals surface area contributed by atoms with Crippen molar-refractivity contribution in [1.29, 1.82) is 0 Å². The van der Waals surface area contributed by atoms with Crippen LogP contribution in [0.4, 0.5) is 11.4 Å². The Morgan fingerprint density at radius 1 is 0.656 bits per heavy atom. The molecule has 2 aromatic carbocycles. The fourth-order valence-electron chi connectivity index (χ4n) is 4.92. The Labute approximate surface area is 196 Å². The Morgan fingerprint density at radius 3 is 1.84 bits per heavy atom. The quantitative estimate of drug-likeness (QED) is 0.489. The molecule has 2 saturated carbocycles. The zero-order valence-corrected chi connectivity index (χ0v) is 19.5. The summed E-state index contributed by atoms with van der Waals surface area (Å²) in [5.74, 6) is 0.978. The molecule has 1 aliphatic heterocycles. The van der Waals surface area contributed by atoms with Crippen LogP contribution in [0.15, 0.2) is 75.6 Å². The molecule has 1 heterocycles. The van der Waals surface area contributed by atoms with Gasteiger partial charge in [-0.25, -0.2) is 9.98 Å². The zero-order chi connectivity index (χ0) is 21.6. The van der Waals surface area contributed by atoms with Gasteiger partial charge in [0.05, 0.1) is 17.4 Å². The van der Waals surface area contributed by atoms with Crippen LogP contribution in [-0.2, 0) is 0 Å². The normalized spacial score (nSPS) is 24.6. The van der Waals surface area contributed by atoms with E-state index in [0.29, 0.717) is 12.1 Å². The van der Waals surface area contributed by atoms with Crippen molar-refractivity contribution in [2.75, 3.05) is 0 Å². The second-order valence-electron chi connectivity index (χ2n) is 8.99. The summed E-state index contributed by atoms with van der Waals surface area (Å²) < 4.78 is 0. The van der Waals surface area contributed by atoms with E-state index in [1.807, 2.05) is 24.3 Å². The first kappa shape index (κ1) is 21.4. The molecule has 5 rings (SSSR count). The minimum Gasteiger partial charge on any atom is -0.300 e. The highest BCUT2D eigenvalue weighted by molar-refractivity contribution is 8.29. The van der Waals surface area contributed by atoms with Gasteiger partial charge in [0.2, 0.25) is 0 Å².